The largest absolute Gasteiger partial charge is 0.496 e. The van der Waals surface area contributed by atoms with Crippen molar-refractivity contribution in [3.05, 3.63) is 57.6 Å². The van der Waals surface area contributed by atoms with E-state index in [1.54, 1.807) is 14.2 Å². The van der Waals surface area contributed by atoms with E-state index in [-0.39, 0.29) is 13.2 Å². The molecule has 5 heteroatoms. The molecule has 2 aromatic rings. The molecule has 136 valence electrons. The SMILES string of the molecule is COc1c(CO)cc(C)cc1COCc1cc(C)cc(CO)c1OC. The lowest BCUT2D eigenvalue weighted by Crippen LogP contribution is -2.04. The molecular weight excluding hydrogens is 320 g/mol. The first-order valence-corrected chi connectivity index (χ1v) is 8.16. The minimum atomic E-state index is -0.0799. The average molecular weight is 346 g/mol. The maximum atomic E-state index is 9.50. The van der Waals surface area contributed by atoms with E-state index in [0.717, 1.165) is 33.4 Å². The maximum Gasteiger partial charge on any atom is 0.129 e. The third-order valence-corrected chi connectivity index (χ3v) is 4.04. The van der Waals surface area contributed by atoms with Gasteiger partial charge in [0, 0.05) is 22.3 Å². The highest BCUT2D eigenvalue weighted by Gasteiger charge is 2.13. The van der Waals surface area contributed by atoms with Crippen molar-refractivity contribution in [3.63, 3.8) is 0 Å². The third-order valence-electron chi connectivity index (χ3n) is 4.04. The first-order valence-electron chi connectivity index (χ1n) is 8.16. The number of hydrogen-bond acceptors (Lipinski definition) is 5. The highest BCUT2D eigenvalue weighted by molar-refractivity contribution is 5.45. The number of aliphatic hydroxyl groups is 2. The van der Waals surface area contributed by atoms with Gasteiger partial charge in [-0.3, -0.25) is 0 Å². The fourth-order valence-electron chi connectivity index (χ4n) is 3.10. The normalized spacial score (nSPS) is 10.8. The molecule has 2 aromatic carbocycles. The van der Waals surface area contributed by atoms with Gasteiger partial charge in [-0.2, -0.15) is 0 Å². The van der Waals surface area contributed by atoms with Crippen LogP contribution in [0, 0.1) is 13.8 Å². The molecule has 0 aliphatic rings. The van der Waals surface area contributed by atoms with Crippen LogP contribution in [-0.2, 0) is 31.2 Å². The summed E-state index contributed by atoms with van der Waals surface area (Å²) in [6, 6.07) is 7.79. The summed E-state index contributed by atoms with van der Waals surface area (Å²) in [5.41, 5.74) is 5.35. The topological polar surface area (TPSA) is 68.2 Å². The van der Waals surface area contributed by atoms with Gasteiger partial charge in [0.1, 0.15) is 11.5 Å². The Morgan fingerprint density at radius 2 is 1.04 bits per heavy atom. The molecule has 0 atom stereocenters. The van der Waals surface area contributed by atoms with Crippen molar-refractivity contribution in [3.8, 4) is 11.5 Å². The van der Waals surface area contributed by atoms with Gasteiger partial charge in [-0.05, 0) is 13.8 Å². The van der Waals surface area contributed by atoms with Gasteiger partial charge < -0.3 is 24.4 Å². The highest BCUT2D eigenvalue weighted by Crippen LogP contribution is 2.29. The summed E-state index contributed by atoms with van der Waals surface area (Å²) in [7, 11) is 3.18. The molecule has 5 nitrogen and oxygen atoms in total. The predicted molar refractivity (Wildman–Crippen MR) is 95.8 cm³/mol. The van der Waals surface area contributed by atoms with Crippen LogP contribution in [0.4, 0.5) is 0 Å². The van der Waals surface area contributed by atoms with E-state index in [0.29, 0.717) is 24.7 Å². The van der Waals surface area contributed by atoms with E-state index in [1.807, 2.05) is 38.1 Å². The van der Waals surface area contributed by atoms with Crippen LogP contribution in [0.2, 0.25) is 0 Å². The summed E-state index contributed by atoms with van der Waals surface area (Å²) in [5.74, 6) is 1.31. The monoisotopic (exact) mass is 346 g/mol. The van der Waals surface area contributed by atoms with Crippen molar-refractivity contribution in [2.75, 3.05) is 14.2 Å². The number of hydrogen-bond donors (Lipinski definition) is 2. The lowest BCUT2D eigenvalue weighted by molar-refractivity contribution is 0.103. The van der Waals surface area contributed by atoms with Crippen LogP contribution < -0.4 is 9.47 Å². The van der Waals surface area contributed by atoms with Gasteiger partial charge in [-0.1, -0.05) is 35.4 Å². The fourth-order valence-corrected chi connectivity index (χ4v) is 3.10. The Kier molecular flexibility index (Phi) is 6.82. The Balaban J connectivity index is 2.19. The zero-order chi connectivity index (χ0) is 18.4. The van der Waals surface area contributed by atoms with Crippen LogP contribution in [0.3, 0.4) is 0 Å². The molecule has 0 heterocycles. The molecule has 0 fully saturated rings. The van der Waals surface area contributed by atoms with E-state index in [9.17, 15) is 10.2 Å². The average Bonchev–Trinajstić information content (AvgIpc) is 2.60. The number of aryl methyl sites for hydroxylation is 2. The van der Waals surface area contributed by atoms with Gasteiger partial charge >= 0.3 is 0 Å². The minimum absolute atomic E-state index is 0.0799. The molecule has 0 radical (unpaired) electrons. The van der Waals surface area contributed by atoms with Crippen molar-refractivity contribution in [1.29, 1.82) is 0 Å². The van der Waals surface area contributed by atoms with E-state index in [1.165, 1.54) is 0 Å². The summed E-state index contributed by atoms with van der Waals surface area (Å²) in [4.78, 5) is 0. The van der Waals surface area contributed by atoms with Crippen molar-refractivity contribution >= 4 is 0 Å². The van der Waals surface area contributed by atoms with E-state index in [4.69, 9.17) is 14.2 Å². The molecule has 0 amide bonds. The highest BCUT2D eigenvalue weighted by atomic mass is 16.5. The number of rotatable bonds is 8. The Morgan fingerprint density at radius 1 is 0.680 bits per heavy atom. The number of methoxy groups -OCH3 is 2. The Hall–Kier alpha value is -2.08. The summed E-state index contributed by atoms with van der Waals surface area (Å²) in [6.07, 6.45) is 0. The smallest absolute Gasteiger partial charge is 0.129 e. The van der Waals surface area contributed by atoms with E-state index >= 15 is 0 Å². The van der Waals surface area contributed by atoms with Gasteiger partial charge in [0.2, 0.25) is 0 Å². The summed E-state index contributed by atoms with van der Waals surface area (Å²) < 4.78 is 16.7. The van der Waals surface area contributed by atoms with Gasteiger partial charge in [-0.15, -0.1) is 0 Å². The van der Waals surface area contributed by atoms with Crippen LogP contribution in [0.25, 0.3) is 0 Å². The molecule has 0 aliphatic carbocycles. The molecule has 2 N–H and O–H groups in total. The zero-order valence-electron chi connectivity index (χ0n) is 15.3. The lowest BCUT2D eigenvalue weighted by Gasteiger charge is -2.16. The number of aliphatic hydroxyl groups excluding tert-OH is 2. The molecule has 0 saturated heterocycles. The summed E-state index contributed by atoms with van der Waals surface area (Å²) in [6.45, 7) is 4.48. The number of ether oxygens (including phenoxy) is 3. The van der Waals surface area contributed by atoms with Crippen LogP contribution >= 0.6 is 0 Å². The van der Waals surface area contributed by atoms with Crippen molar-refractivity contribution in [1.82, 2.24) is 0 Å². The maximum absolute atomic E-state index is 9.50. The second-order valence-corrected chi connectivity index (χ2v) is 6.04. The van der Waals surface area contributed by atoms with Gasteiger partial charge in [0.15, 0.2) is 0 Å². The molecule has 25 heavy (non-hydrogen) atoms. The fraction of sp³-hybridized carbons (Fsp3) is 0.400. The molecule has 0 aromatic heterocycles. The quantitative estimate of drug-likeness (QED) is 0.769. The molecule has 0 aliphatic heterocycles. The zero-order valence-corrected chi connectivity index (χ0v) is 15.3. The first kappa shape index (κ1) is 19.2. The van der Waals surface area contributed by atoms with Gasteiger partial charge in [-0.25, -0.2) is 0 Å². The van der Waals surface area contributed by atoms with Gasteiger partial charge in [0.05, 0.1) is 40.6 Å². The van der Waals surface area contributed by atoms with Gasteiger partial charge in [0.25, 0.3) is 0 Å². The standard InChI is InChI=1S/C20H26O5/c1-13-5-15(9-21)19(23-3)17(7-13)11-25-12-18-8-14(2)6-16(10-22)20(18)24-4/h5-8,21-22H,9-12H2,1-4H3. The lowest BCUT2D eigenvalue weighted by atomic mass is 10.0. The second-order valence-electron chi connectivity index (χ2n) is 6.04. The van der Waals surface area contributed by atoms with Crippen LogP contribution in [-0.4, -0.2) is 24.4 Å². The van der Waals surface area contributed by atoms with Crippen molar-refractivity contribution < 1.29 is 24.4 Å². The first-order chi connectivity index (χ1) is 12.0. The summed E-state index contributed by atoms with van der Waals surface area (Å²) in [5, 5.41) is 19.0. The molecule has 0 spiro atoms. The van der Waals surface area contributed by atoms with E-state index < -0.39 is 0 Å². The van der Waals surface area contributed by atoms with E-state index in [2.05, 4.69) is 0 Å². The molecule has 0 saturated carbocycles. The molecule has 0 bridgehead atoms. The second kappa shape index (κ2) is 8.85. The minimum Gasteiger partial charge on any atom is -0.496 e. The number of benzene rings is 2. The molecular formula is C20H26O5. The Morgan fingerprint density at radius 3 is 1.36 bits per heavy atom. The van der Waals surface area contributed by atoms with Crippen molar-refractivity contribution in [2.45, 2.75) is 40.3 Å². The molecule has 0 unspecified atom stereocenters. The van der Waals surface area contributed by atoms with Crippen LogP contribution in [0.5, 0.6) is 11.5 Å². The van der Waals surface area contributed by atoms with Crippen LogP contribution in [0.1, 0.15) is 33.4 Å². The predicted octanol–water partition coefficient (Wildman–Crippen LogP) is 3.02. The summed E-state index contributed by atoms with van der Waals surface area (Å²) >= 11 is 0. The molecule has 2 rings (SSSR count). The van der Waals surface area contributed by atoms with Crippen LogP contribution in [0.15, 0.2) is 24.3 Å². The third kappa shape index (κ3) is 4.51. The van der Waals surface area contributed by atoms with Crippen molar-refractivity contribution in [2.24, 2.45) is 0 Å². The Bertz CT molecular complexity index is 663. The Labute approximate surface area is 148 Å².